The normalized spacial score (nSPS) is 29.6. The van der Waals surface area contributed by atoms with Crippen LogP contribution in [0.2, 0.25) is 0 Å². The molecule has 20 heavy (non-hydrogen) atoms. The zero-order valence-electron chi connectivity index (χ0n) is 11.3. The van der Waals surface area contributed by atoms with E-state index in [1.807, 2.05) is 16.8 Å². The molecular formula is C14H20N2O3S. The van der Waals surface area contributed by atoms with Crippen molar-refractivity contribution in [3.63, 3.8) is 0 Å². The lowest BCUT2D eigenvalue weighted by Gasteiger charge is -2.18. The van der Waals surface area contributed by atoms with Crippen LogP contribution in [-0.4, -0.2) is 60.9 Å². The van der Waals surface area contributed by atoms with Gasteiger partial charge in [-0.15, -0.1) is 0 Å². The first-order valence-corrected chi connectivity index (χ1v) is 7.99. The van der Waals surface area contributed by atoms with Gasteiger partial charge in [-0.1, -0.05) is 0 Å². The molecule has 6 heteroatoms. The minimum Gasteiger partial charge on any atom is -0.395 e. The summed E-state index contributed by atoms with van der Waals surface area (Å²) in [5.41, 5.74) is 0.724. The Bertz CT molecular complexity index is 437. The number of rotatable bonds is 5. The van der Waals surface area contributed by atoms with Crippen LogP contribution in [0.4, 0.5) is 0 Å². The smallest absolute Gasteiger partial charge is 0.252 e. The maximum atomic E-state index is 11.9. The van der Waals surface area contributed by atoms with Crippen LogP contribution in [0.25, 0.3) is 0 Å². The molecule has 0 spiro atoms. The average molecular weight is 296 g/mol. The van der Waals surface area contributed by atoms with E-state index in [0.29, 0.717) is 12.5 Å². The standard InChI is InChI=1S/C14H20N2O3S/c17-3-2-16-7-11-5-12(19-13(11)8-16)6-15-14(18)10-1-4-20-9-10/h1,4,9,11-13,17H,2-3,5-8H2,(H,15,18)/t11-,12-,13-/m1/s1. The van der Waals surface area contributed by atoms with E-state index < -0.39 is 0 Å². The molecule has 2 aliphatic rings. The molecule has 2 saturated heterocycles. The average Bonchev–Trinajstić information content (AvgIpc) is 3.11. The van der Waals surface area contributed by atoms with Gasteiger partial charge in [0.2, 0.25) is 0 Å². The van der Waals surface area contributed by atoms with Gasteiger partial charge in [0, 0.05) is 43.0 Å². The summed E-state index contributed by atoms with van der Waals surface area (Å²) < 4.78 is 5.99. The molecule has 2 fully saturated rings. The molecule has 1 aromatic rings. The zero-order valence-corrected chi connectivity index (χ0v) is 12.1. The fourth-order valence-corrected chi connectivity index (χ4v) is 3.74. The molecule has 2 N–H and O–H groups in total. The van der Waals surface area contributed by atoms with Crippen molar-refractivity contribution in [3.05, 3.63) is 22.4 Å². The highest BCUT2D eigenvalue weighted by atomic mass is 32.1. The number of nitrogens with zero attached hydrogens (tertiary/aromatic N) is 1. The molecule has 3 heterocycles. The Hall–Kier alpha value is -0.950. The van der Waals surface area contributed by atoms with Crippen molar-refractivity contribution in [1.82, 2.24) is 10.2 Å². The van der Waals surface area contributed by atoms with Crippen molar-refractivity contribution in [1.29, 1.82) is 0 Å². The topological polar surface area (TPSA) is 61.8 Å². The van der Waals surface area contributed by atoms with Gasteiger partial charge in [0.15, 0.2) is 0 Å². The summed E-state index contributed by atoms with van der Waals surface area (Å²) in [4.78, 5) is 14.1. The van der Waals surface area contributed by atoms with Crippen LogP contribution >= 0.6 is 11.3 Å². The van der Waals surface area contributed by atoms with Gasteiger partial charge in [0.05, 0.1) is 18.8 Å². The molecule has 3 rings (SSSR count). The summed E-state index contributed by atoms with van der Waals surface area (Å²) in [7, 11) is 0. The maximum Gasteiger partial charge on any atom is 0.252 e. The molecular weight excluding hydrogens is 276 g/mol. The van der Waals surface area contributed by atoms with Crippen LogP contribution in [0.5, 0.6) is 0 Å². The number of amides is 1. The van der Waals surface area contributed by atoms with Crippen molar-refractivity contribution in [3.8, 4) is 0 Å². The Labute approximate surface area is 122 Å². The first-order chi connectivity index (χ1) is 9.76. The summed E-state index contributed by atoms with van der Waals surface area (Å²) in [6, 6.07) is 1.83. The first-order valence-electron chi connectivity index (χ1n) is 7.05. The number of carbonyl (C=O) groups excluding carboxylic acids is 1. The summed E-state index contributed by atoms with van der Waals surface area (Å²) in [6.07, 6.45) is 1.39. The third kappa shape index (κ3) is 3.03. The van der Waals surface area contributed by atoms with Crippen LogP contribution in [0.3, 0.4) is 0 Å². The summed E-state index contributed by atoms with van der Waals surface area (Å²) in [6.45, 7) is 3.43. The van der Waals surface area contributed by atoms with Crippen LogP contribution in [0.1, 0.15) is 16.8 Å². The molecule has 3 atom stereocenters. The maximum absolute atomic E-state index is 11.9. The molecule has 0 aliphatic carbocycles. The fourth-order valence-electron chi connectivity index (χ4n) is 3.11. The predicted octanol–water partition coefficient (Wildman–Crippen LogP) is 0.560. The largest absolute Gasteiger partial charge is 0.395 e. The van der Waals surface area contributed by atoms with Gasteiger partial charge < -0.3 is 15.2 Å². The highest BCUT2D eigenvalue weighted by Gasteiger charge is 2.41. The van der Waals surface area contributed by atoms with E-state index in [1.54, 1.807) is 0 Å². The Kier molecular flexibility index (Phi) is 4.35. The van der Waals surface area contributed by atoms with E-state index in [1.165, 1.54) is 11.3 Å². The Morgan fingerprint density at radius 3 is 3.15 bits per heavy atom. The van der Waals surface area contributed by atoms with E-state index in [4.69, 9.17) is 9.84 Å². The predicted molar refractivity (Wildman–Crippen MR) is 76.9 cm³/mol. The molecule has 1 amide bonds. The van der Waals surface area contributed by atoms with Crippen molar-refractivity contribution in [2.75, 3.05) is 32.8 Å². The van der Waals surface area contributed by atoms with Gasteiger partial charge in [-0.25, -0.2) is 0 Å². The Morgan fingerprint density at radius 2 is 2.45 bits per heavy atom. The summed E-state index contributed by atoms with van der Waals surface area (Å²) in [5.74, 6) is 0.526. The molecule has 1 aromatic heterocycles. The number of nitrogens with one attached hydrogen (secondary N) is 1. The lowest BCUT2D eigenvalue weighted by Crippen LogP contribution is -2.34. The number of β-amino-alcohol motifs (C(OH)–C–C–N with tert-alkyl or cyclic N) is 1. The van der Waals surface area contributed by atoms with Crippen molar-refractivity contribution in [2.24, 2.45) is 5.92 Å². The third-order valence-electron chi connectivity index (χ3n) is 4.08. The van der Waals surface area contributed by atoms with Gasteiger partial charge in [0.1, 0.15) is 0 Å². The lowest BCUT2D eigenvalue weighted by atomic mass is 10.0. The van der Waals surface area contributed by atoms with Crippen LogP contribution in [0.15, 0.2) is 16.8 Å². The number of ether oxygens (including phenoxy) is 1. The van der Waals surface area contributed by atoms with Crippen molar-refractivity contribution >= 4 is 17.2 Å². The van der Waals surface area contributed by atoms with Gasteiger partial charge in [-0.05, 0) is 17.9 Å². The zero-order chi connectivity index (χ0) is 13.9. The Balaban J connectivity index is 1.43. The van der Waals surface area contributed by atoms with Gasteiger partial charge >= 0.3 is 0 Å². The molecule has 0 aromatic carbocycles. The second-order valence-electron chi connectivity index (χ2n) is 5.50. The minimum atomic E-state index is -0.0196. The van der Waals surface area contributed by atoms with Crippen molar-refractivity contribution < 1.29 is 14.6 Å². The molecule has 0 radical (unpaired) electrons. The summed E-state index contributed by atoms with van der Waals surface area (Å²) in [5, 5.41) is 15.6. The van der Waals surface area contributed by atoms with E-state index in [-0.39, 0.29) is 24.7 Å². The number of hydrogen-bond donors (Lipinski definition) is 2. The van der Waals surface area contributed by atoms with Crippen LogP contribution in [-0.2, 0) is 4.74 Å². The molecule has 2 aliphatic heterocycles. The number of likely N-dealkylation sites (tertiary alicyclic amines) is 1. The first kappa shape index (κ1) is 14.0. The van der Waals surface area contributed by atoms with Gasteiger partial charge in [0.25, 0.3) is 5.91 Å². The molecule has 0 saturated carbocycles. The second kappa shape index (κ2) is 6.22. The number of aliphatic hydroxyl groups is 1. The number of hydrogen-bond acceptors (Lipinski definition) is 5. The van der Waals surface area contributed by atoms with Gasteiger partial charge in [-0.2, -0.15) is 11.3 Å². The Morgan fingerprint density at radius 1 is 1.55 bits per heavy atom. The summed E-state index contributed by atoms with van der Waals surface area (Å²) >= 11 is 1.53. The highest BCUT2D eigenvalue weighted by molar-refractivity contribution is 7.08. The minimum absolute atomic E-state index is 0.0196. The number of aliphatic hydroxyl groups excluding tert-OH is 1. The third-order valence-corrected chi connectivity index (χ3v) is 4.76. The number of fused-ring (bicyclic) bond motifs is 1. The van der Waals surface area contributed by atoms with E-state index in [0.717, 1.165) is 31.6 Å². The molecule has 0 bridgehead atoms. The molecule has 5 nitrogen and oxygen atoms in total. The quantitative estimate of drug-likeness (QED) is 0.833. The fraction of sp³-hybridized carbons (Fsp3) is 0.643. The SMILES string of the molecule is O=C(NC[C@H]1C[C@@H]2CN(CCO)C[C@H]2O1)c1ccsc1. The van der Waals surface area contributed by atoms with Gasteiger partial charge in [-0.3, -0.25) is 9.69 Å². The second-order valence-corrected chi connectivity index (χ2v) is 6.28. The number of carbonyl (C=O) groups is 1. The van der Waals surface area contributed by atoms with E-state index >= 15 is 0 Å². The number of thiophene rings is 1. The van der Waals surface area contributed by atoms with Crippen LogP contribution in [0, 0.1) is 5.92 Å². The van der Waals surface area contributed by atoms with E-state index in [2.05, 4.69) is 10.2 Å². The van der Waals surface area contributed by atoms with Crippen molar-refractivity contribution in [2.45, 2.75) is 18.6 Å². The monoisotopic (exact) mass is 296 g/mol. The van der Waals surface area contributed by atoms with E-state index in [9.17, 15) is 4.79 Å². The lowest BCUT2D eigenvalue weighted by molar-refractivity contribution is 0.0365. The highest BCUT2D eigenvalue weighted by Crippen LogP contribution is 2.32. The van der Waals surface area contributed by atoms with Crippen LogP contribution < -0.4 is 5.32 Å². The molecule has 110 valence electrons. The molecule has 0 unspecified atom stereocenters.